The van der Waals surface area contributed by atoms with E-state index in [1.54, 1.807) is 0 Å². The molecule has 0 radical (unpaired) electrons. The van der Waals surface area contributed by atoms with Gasteiger partial charge in [0.2, 0.25) is 5.91 Å². The number of ether oxygens (including phenoxy) is 1. The van der Waals surface area contributed by atoms with E-state index < -0.39 is 35.9 Å². The van der Waals surface area contributed by atoms with Crippen LogP contribution in [-0.2, 0) is 27.2 Å². The number of aliphatic hydroxyl groups is 1. The quantitative estimate of drug-likeness (QED) is 0.204. The molecule has 9 nitrogen and oxygen atoms in total. The minimum absolute atomic E-state index is 0.000642. The molecule has 4 N–H and O–H groups in total. The predicted octanol–water partition coefficient (Wildman–Crippen LogP) is 3.34. The van der Waals surface area contributed by atoms with Crippen molar-refractivity contribution in [2.45, 2.75) is 71.2 Å². The van der Waals surface area contributed by atoms with Crippen LogP contribution in [0.15, 0.2) is 78.9 Å². The van der Waals surface area contributed by atoms with Crippen molar-refractivity contribution >= 4 is 17.6 Å². The van der Waals surface area contributed by atoms with Gasteiger partial charge in [0.25, 0.3) is 5.91 Å². The van der Waals surface area contributed by atoms with Gasteiger partial charge in [0.1, 0.15) is 11.9 Å². The topological polar surface area (TPSA) is 120 Å². The number of nitrogens with one attached hydrogen (secondary N) is 3. The van der Waals surface area contributed by atoms with Crippen LogP contribution in [0.4, 0.5) is 0 Å². The predicted molar refractivity (Wildman–Crippen MR) is 179 cm³/mol. The van der Waals surface area contributed by atoms with Gasteiger partial charge in [0.15, 0.2) is 12.4 Å². The highest BCUT2D eigenvalue weighted by molar-refractivity contribution is 5.94. The summed E-state index contributed by atoms with van der Waals surface area (Å²) in [5.41, 5.74) is 3.50. The molecule has 46 heavy (non-hydrogen) atoms. The van der Waals surface area contributed by atoms with Gasteiger partial charge in [0.05, 0.1) is 18.1 Å². The fraction of sp³-hybridized carbons (Fsp3) is 0.432. The molecule has 4 atom stereocenters. The fourth-order valence-electron chi connectivity index (χ4n) is 6.09. The van der Waals surface area contributed by atoms with Gasteiger partial charge in [-0.3, -0.25) is 19.3 Å². The van der Waals surface area contributed by atoms with Gasteiger partial charge in [0, 0.05) is 13.2 Å². The molecule has 1 aliphatic rings. The average molecular weight is 629 g/mol. The number of amides is 2. The Kier molecular flexibility index (Phi) is 12.9. The zero-order valence-corrected chi connectivity index (χ0v) is 27.4. The SMILES string of the molecule is Cc1cccc(C)c1OCC(=O)N[C@H](Cc1ccccc1)[C@H](O)C(=O)[C@@H](Cc1ccccc1)NC(=O)[C@@H](C(C)C)N1CCCNC1. The monoisotopic (exact) mass is 628 g/mol. The molecular formula is C37H48N4O5. The van der Waals surface area contributed by atoms with Crippen molar-refractivity contribution in [2.24, 2.45) is 5.92 Å². The largest absolute Gasteiger partial charge is 0.483 e. The van der Waals surface area contributed by atoms with E-state index in [1.807, 2.05) is 107 Å². The second-order valence-corrected chi connectivity index (χ2v) is 12.5. The first-order valence-corrected chi connectivity index (χ1v) is 16.2. The van der Waals surface area contributed by atoms with E-state index in [0.29, 0.717) is 12.4 Å². The normalized spacial score (nSPS) is 16.2. The minimum atomic E-state index is -1.59. The Morgan fingerprint density at radius 1 is 0.870 bits per heavy atom. The van der Waals surface area contributed by atoms with E-state index in [9.17, 15) is 19.5 Å². The standard InChI is InChI=1S/C37H48N4O5/c1-25(2)33(41-20-12-19-38-24-41)37(45)40-31(22-29-17-9-6-10-18-29)35(44)34(43)30(21-28-15-7-5-8-16-28)39-32(42)23-46-36-26(3)13-11-14-27(36)4/h5-11,13-18,25,30-31,33-34,38,43H,12,19-24H2,1-4H3,(H,39,42)(H,40,45)/t30-,31-,33-,34+/m1/s1. The minimum Gasteiger partial charge on any atom is -0.483 e. The lowest BCUT2D eigenvalue weighted by Gasteiger charge is -2.37. The Morgan fingerprint density at radius 2 is 1.48 bits per heavy atom. The fourth-order valence-corrected chi connectivity index (χ4v) is 6.09. The zero-order chi connectivity index (χ0) is 33.1. The van der Waals surface area contributed by atoms with E-state index in [4.69, 9.17) is 4.74 Å². The maximum absolute atomic E-state index is 14.2. The highest BCUT2D eigenvalue weighted by atomic mass is 16.5. The molecule has 0 bridgehead atoms. The summed E-state index contributed by atoms with van der Waals surface area (Å²) in [4.78, 5) is 43.3. The van der Waals surface area contributed by atoms with E-state index >= 15 is 0 Å². The summed E-state index contributed by atoms with van der Waals surface area (Å²) in [6.07, 6.45) is -0.251. The Morgan fingerprint density at radius 3 is 2.04 bits per heavy atom. The van der Waals surface area contributed by atoms with Crippen LogP contribution < -0.4 is 20.7 Å². The Labute approximate surface area is 272 Å². The third-order valence-electron chi connectivity index (χ3n) is 8.42. The van der Waals surface area contributed by atoms with Crippen LogP contribution in [0, 0.1) is 19.8 Å². The van der Waals surface area contributed by atoms with Crippen LogP contribution in [0.5, 0.6) is 5.75 Å². The summed E-state index contributed by atoms with van der Waals surface area (Å²) in [6, 6.07) is 22.1. The lowest BCUT2D eigenvalue weighted by molar-refractivity contribution is -0.137. The summed E-state index contributed by atoms with van der Waals surface area (Å²) in [5, 5.41) is 20.8. The maximum Gasteiger partial charge on any atom is 0.258 e. The number of hydrogen-bond donors (Lipinski definition) is 4. The smallest absolute Gasteiger partial charge is 0.258 e. The van der Waals surface area contributed by atoms with Crippen molar-refractivity contribution in [3.63, 3.8) is 0 Å². The molecule has 0 aliphatic carbocycles. The first-order chi connectivity index (χ1) is 22.1. The summed E-state index contributed by atoms with van der Waals surface area (Å²) < 4.78 is 5.86. The molecule has 2 amide bonds. The lowest BCUT2D eigenvalue weighted by atomic mass is 9.91. The second-order valence-electron chi connectivity index (χ2n) is 12.5. The van der Waals surface area contributed by atoms with Crippen LogP contribution in [0.3, 0.4) is 0 Å². The molecule has 3 aromatic rings. The number of carbonyl (C=O) groups is 3. The number of rotatable bonds is 15. The van der Waals surface area contributed by atoms with Crippen molar-refractivity contribution in [3.8, 4) is 5.75 Å². The summed E-state index contributed by atoms with van der Waals surface area (Å²) in [5.74, 6) is -0.654. The van der Waals surface area contributed by atoms with Crippen LogP contribution >= 0.6 is 0 Å². The second kappa shape index (κ2) is 17.0. The number of hydrogen-bond acceptors (Lipinski definition) is 7. The molecule has 1 saturated heterocycles. The van der Waals surface area contributed by atoms with Gasteiger partial charge in [-0.2, -0.15) is 0 Å². The first-order valence-electron chi connectivity index (χ1n) is 16.2. The molecule has 246 valence electrons. The van der Waals surface area contributed by atoms with Crippen molar-refractivity contribution in [2.75, 3.05) is 26.4 Å². The number of carbonyl (C=O) groups excluding carboxylic acids is 3. The third-order valence-corrected chi connectivity index (χ3v) is 8.42. The van der Waals surface area contributed by atoms with Crippen LogP contribution in [-0.4, -0.2) is 78.2 Å². The third kappa shape index (κ3) is 9.72. The van der Waals surface area contributed by atoms with Crippen molar-refractivity contribution in [1.82, 2.24) is 20.9 Å². The van der Waals surface area contributed by atoms with Crippen molar-refractivity contribution in [3.05, 3.63) is 101 Å². The molecule has 1 aliphatic heterocycles. The van der Waals surface area contributed by atoms with Crippen molar-refractivity contribution in [1.29, 1.82) is 0 Å². The molecule has 0 aromatic heterocycles. The van der Waals surface area contributed by atoms with Gasteiger partial charge in [-0.25, -0.2) is 0 Å². The highest BCUT2D eigenvalue weighted by Gasteiger charge is 2.37. The molecule has 4 rings (SSSR count). The van der Waals surface area contributed by atoms with Gasteiger partial charge in [-0.1, -0.05) is 92.7 Å². The molecular weight excluding hydrogens is 580 g/mol. The molecule has 9 heteroatoms. The number of benzene rings is 3. The van der Waals surface area contributed by atoms with Crippen LogP contribution in [0.2, 0.25) is 0 Å². The van der Waals surface area contributed by atoms with Gasteiger partial charge in [-0.15, -0.1) is 0 Å². The number of Topliss-reactive ketones (excluding diaryl/α,β-unsaturated/α-hetero) is 1. The van der Waals surface area contributed by atoms with E-state index in [1.165, 1.54) is 0 Å². The number of aliphatic hydroxyl groups excluding tert-OH is 1. The zero-order valence-electron chi connectivity index (χ0n) is 27.4. The molecule has 0 unspecified atom stereocenters. The number of ketones is 1. The number of para-hydroxylation sites is 1. The molecule has 0 spiro atoms. The molecule has 0 saturated carbocycles. The van der Waals surface area contributed by atoms with Gasteiger partial charge >= 0.3 is 0 Å². The van der Waals surface area contributed by atoms with Gasteiger partial charge < -0.3 is 25.8 Å². The Bertz CT molecular complexity index is 1410. The van der Waals surface area contributed by atoms with E-state index in [0.717, 1.165) is 41.8 Å². The molecule has 1 heterocycles. The van der Waals surface area contributed by atoms with E-state index in [2.05, 4.69) is 20.9 Å². The van der Waals surface area contributed by atoms with Crippen LogP contribution in [0.25, 0.3) is 0 Å². The Hall–Kier alpha value is -4.05. The number of aryl methyl sites for hydroxylation is 2. The molecule has 3 aromatic carbocycles. The highest BCUT2D eigenvalue weighted by Crippen LogP contribution is 2.22. The summed E-state index contributed by atoms with van der Waals surface area (Å²) >= 11 is 0. The summed E-state index contributed by atoms with van der Waals surface area (Å²) in [6.45, 7) is 9.79. The van der Waals surface area contributed by atoms with Gasteiger partial charge in [-0.05, 0) is 67.8 Å². The van der Waals surface area contributed by atoms with Crippen molar-refractivity contribution < 1.29 is 24.2 Å². The first kappa shape index (κ1) is 34.8. The van der Waals surface area contributed by atoms with Crippen LogP contribution in [0.1, 0.15) is 42.5 Å². The Balaban J connectivity index is 1.56. The number of nitrogens with zero attached hydrogens (tertiary/aromatic N) is 1. The summed E-state index contributed by atoms with van der Waals surface area (Å²) in [7, 11) is 0. The lowest BCUT2D eigenvalue weighted by Crippen LogP contribution is -2.60. The molecule has 1 fully saturated rings. The average Bonchev–Trinajstić information content (AvgIpc) is 3.04. The van der Waals surface area contributed by atoms with E-state index in [-0.39, 0.29) is 31.3 Å². The maximum atomic E-state index is 14.2.